The molecular formula is C20H20. The van der Waals surface area contributed by atoms with E-state index in [4.69, 9.17) is 0 Å². The Morgan fingerprint density at radius 2 is 1.55 bits per heavy atom. The monoisotopic (exact) mass is 260 g/mol. The fourth-order valence-corrected chi connectivity index (χ4v) is 3.14. The van der Waals surface area contributed by atoms with Gasteiger partial charge in [0.2, 0.25) is 0 Å². The lowest BCUT2D eigenvalue weighted by atomic mass is 9.83. The van der Waals surface area contributed by atoms with Gasteiger partial charge < -0.3 is 0 Å². The second-order valence-corrected chi connectivity index (χ2v) is 5.71. The van der Waals surface area contributed by atoms with E-state index in [-0.39, 0.29) is 0 Å². The van der Waals surface area contributed by atoms with Crippen molar-refractivity contribution >= 4 is 0 Å². The third kappa shape index (κ3) is 1.86. The number of aryl methyl sites for hydroxylation is 1. The SMILES string of the molecule is Cc1c(C)c(C)c2c(c1C)C#CCCc1ccccc1-2. The Morgan fingerprint density at radius 3 is 2.35 bits per heavy atom. The summed E-state index contributed by atoms with van der Waals surface area (Å²) in [7, 11) is 0. The van der Waals surface area contributed by atoms with Crippen molar-refractivity contribution < 1.29 is 0 Å². The third-order valence-corrected chi connectivity index (χ3v) is 4.71. The number of fused-ring (bicyclic) bond motifs is 3. The van der Waals surface area contributed by atoms with Crippen molar-refractivity contribution in [3.63, 3.8) is 0 Å². The fourth-order valence-electron chi connectivity index (χ4n) is 3.14. The van der Waals surface area contributed by atoms with E-state index >= 15 is 0 Å². The van der Waals surface area contributed by atoms with Gasteiger partial charge in [-0.05, 0) is 67.5 Å². The zero-order valence-corrected chi connectivity index (χ0v) is 12.7. The van der Waals surface area contributed by atoms with Crippen LogP contribution in [0.3, 0.4) is 0 Å². The maximum Gasteiger partial charge on any atom is 0.0358 e. The lowest BCUT2D eigenvalue weighted by molar-refractivity contribution is 1.02. The Hall–Kier alpha value is -2.00. The summed E-state index contributed by atoms with van der Waals surface area (Å²) in [6, 6.07) is 8.77. The summed E-state index contributed by atoms with van der Waals surface area (Å²) >= 11 is 0. The van der Waals surface area contributed by atoms with Crippen LogP contribution in [0.2, 0.25) is 0 Å². The van der Waals surface area contributed by atoms with Crippen LogP contribution in [0, 0.1) is 39.5 Å². The van der Waals surface area contributed by atoms with Crippen LogP contribution in [0.1, 0.15) is 39.8 Å². The van der Waals surface area contributed by atoms with Gasteiger partial charge in [0.1, 0.15) is 0 Å². The van der Waals surface area contributed by atoms with Gasteiger partial charge in [-0.1, -0.05) is 36.1 Å². The third-order valence-electron chi connectivity index (χ3n) is 4.71. The van der Waals surface area contributed by atoms with Gasteiger partial charge in [0, 0.05) is 17.5 Å². The molecule has 0 saturated carbocycles. The van der Waals surface area contributed by atoms with E-state index in [1.807, 2.05) is 0 Å². The van der Waals surface area contributed by atoms with Crippen LogP contribution in [0.4, 0.5) is 0 Å². The van der Waals surface area contributed by atoms with E-state index in [1.54, 1.807) is 0 Å². The molecule has 0 aliphatic heterocycles. The zero-order valence-electron chi connectivity index (χ0n) is 12.7. The Kier molecular flexibility index (Phi) is 3.14. The largest absolute Gasteiger partial charge is 0.0975 e. The summed E-state index contributed by atoms with van der Waals surface area (Å²) in [6.07, 6.45) is 2.00. The van der Waals surface area contributed by atoms with Gasteiger partial charge >= 0.3 is 0 Å². The lowest BCUT2D eigenvalue weighted by Crippen LogP contribution is -2.03. The van der Waals surface area contributed by atoms with Crippen LogP contribution in [0.15, 0.2) is 24.3 Å². The highest BCUT2D eigenvalue weighted by atomic mass is 14.2. The van der Waals surface area contributed by atoms with Crippen LogP contribution in [-0.4, -0.2) is 0 Å². The van der Waals surface area contributed by atoms with Crippen molar-refractivity contribution in [1.29, 1.82) is 0 Å². The second kappa shape index (κ2) is 4.84. The summed E-state index contributed by atoms with van der Waals surface area (Å²) in [4.78, 5) is 0. The summed E-state index contributed by atoms with van der Waals surface area (Å²) in [5.74, 6) is 6.78. The summed E-state index contributed by atoms with van der Waals surface area (Å²) in [5, 5.41) is 0. The van der Waals surface area contributed by atoms with E-state index in [9.17, 15) is 0 Å². The number of hydrogen-bond acceptors (Lipinski definition) is 0. The molecule has 0 atom stereocenters. The lowest BCUT2D eigenvalue weighted by Gasteiger charge is -2.21. The molecule has 0 heteroatoms. The summed E-state index contributed by atoms with van der Waals surface area (Å²) in [5.41, 5.74) is 10.9. The highest BCUT2D eigenvalue weighted by Gasteiger charge is 2.18. The van der Waals surface area contributed by atoms with Crippen molar-refractivity contribution in [3.8, 4) is 23.0 Å². The minimum absolute atomic E-state index is 0.946. The van der Waals surface area contributed by atoms with Crippen molar-refractivity contribution in [1.82, 2.24) is 0 Å². The minimum Gasteiger partial charge on any atom is -0.0975 e. The molecule has 0 nitrogen and oxygen atoms in total. The van der Waals surface area contributed by atoms with Gasteiger partial charge in [-0.2, -0.15) is 0 Å². The standard InChI is InChI=1S/C20H20/c1-13-14(2)16(4)20-18(15(13)3)11-7-5-9-17-10-6-8-12-19(17)20/h6,8,10,12H,5,9H2,1-4H3. The maximum atomic E-state index is 3.43. The highest BCUT2D eigenvalue weighted by Crippen LogP contribution is 2.36. The molecule has 20 heavy (non-hydrogen) atoms. The van der Waals surface area contributed by atoms with Gasteiger partial charge in [0.05, 0.1) is 0 Å². The average molecular weight is 260 g/mol. The van der Waals surface area contributed by atoms with Crippen LogP contribution in [0.25, 0.3) is 11.1 Å². The van der Waals surface area contributed by atoms with Crippen molar-refractivity contribution in [2.45, 2.75) is 40.5 Å². The molecule has 2 aromatic carbocycles. The zero-order chi connectivity index (χ0) is 14.3. The molecule has 0 spiro atoms. The van der Waals surface area contributed by atoms with E-state index in [1.165, 1.54) is 44.5 Å². The predicted octanol–water partition coefficient (Wildman–Crippen LogP) is 4.88. The first kappa shape index (κ1) is 13.0. The van der Waals surface area contributed by atoms with Crippen molar-refractivity contribution in [2.24, 2.45) is 0 Å². The Balaban J connectivity index is 2.46. The van der Waals surface area contributed by atoms with Crippen LogP contribution in [0.5, 0.6) is 0 Å². The molecule has 2 aromatic rings. The number of benzene rings is 2. The molecule has 0 saturated heterocycles. The average Bonchev–Trinajstić information content (AvgIpc) is 2.44. The molecular weight excluding hydrogens is 240 g/mol. The molecule has 100 valence electrons. The topological polar surface area (TPSA) is 0 Å². The van der Waals surface area contributed by atoms with Crippen molar-refractivity contribution in [3.05, 3.63) is 57.6 Å². The number of rotatable bonds is 0. The van der Waals surface area contributed by atoms with Gasteiger partial charge in [0.25, 0.3) is 0 Å². The van der Waals surface area contributed by atoms with E-state index in [0.717, 1.165) is 12.8 Å². The predicted molar refractivity (Wildman–Crippen MR) is 86.0 cm³/mol. The maximum absolute atomic E-state index is 3.43. The Bertz CT molecular complexity index is 752. The minimum atomic E-state index is 0.946. The van der Waals surface area contributed by atoms with Crippen LogP contribution in [-0.2, 0) is 6.42 Å². The van der Waals surface area contributed by atoms with E-state index in [2.05, 4.69) is 63.8 Å². The smallest absolute Gasteiger partial charge is 0.0358 e. The summed E-state index contributed by atoms with van der Waals surface area (Å²) < 4.78 is 0. The molecule has 0 aromatic heterocycles. The molecule has 1 aliphatic rings. The molecule has 0 heterocycles. The Labute approximate surface area is 121 Å². The van der Waals surface area contributed by atoms with Crippen LogP contribution >= 0.6 is 0 Å². The van der Waals surface area contributed by atoms with Crippen LogP contribution < -0.4 is 0 Å². The molecule has 0 bridgehead atoms. The van der Waals surface area contributed by atoms with Gasteiger partial charge in [-0.15, -0.1) is 0 Å². The molecule has 0 radical (unpaired) electrons. The second-order valence-electron chi connectivity index (χ2n) is 5.71. The molecule has 0 N–H and O–H groups in total. The van der Waals surface area contributed by atoms with E-state index in [0.29, 0.717) is 0 Å². The molecule has 0 amide bonds. The first-order chi connectivity index (χ1) is 9.61. The normalized spacial score (nSPS) is 12.6. The highest BCUT2D eigenvalue weighted by molar-refractivity contribution is 5.80. The van der Waals surface area contributed by atoms with E-state index < -0.39 is 0 Å². The molecule has 0 fully saturated rings. The van der Waals surface area contributed by atoms with Gasteiger partial charge in [-0.3, -0.25) is 0 Å². The van der Waals surface area contributed by atoms with Gasteiger partial charge in [-0.25, -0.2) is 0 Å². The first-order valence-electron chi connectivity index (χ1n) is 7.28. The molecule has 3 rings (SSSR count). The summed E-state index contributed by atoms with van der Waals surface area (Å²) in [6.45, 7) is 8.89. The van der Waals surface area contributed by atoms with Gasteiger partial charge in [0.15, 0.2) is 0 Å². The first-order valence-corrected chi connectivity index (χ1v) is 7.28. The molecule has 1 aliphatic carbocycles. The quantitative estimate of drug-likeness (QED) is 0.592. The molecule has 0 unspecified atom stereocenters. The van der Waals surface area contributed by atoms with Crippen molar-refractivity contribution in [2.75, 3.05) is 0 Å². The number of hydrogen-bond donors (Lipinski definition) is 0. The Morgan fingerprint density at radius 1 is 0.850 bits per heavy atom. The fraction of sp³-hybridized carbons (Fsp3) is 0.300.